The number of carboxylic acids is 1. The number of nitrogens with one attached hydrogen (secondary N) is 1. The van der Waals surface area contributed by atoms with E-state index in [-0.39, 0.29) is 5.56 Å². The van der Waals surface area contributed by atoms with Crippen LogP contribution in [-0.2, 0) is 0 Å². The summed E-state index contributed by atoms with van der Waals surface area (Å²) < 4.78 is 0. The van der Waals surface area contributed by atoms with Gasteiger partial charge in [0.2, 0.25) is 0 Å². The van der Waals surface area contributed by atoms with Crippen LogP contribution in [0.1, 0.15) is 15.9 Å². The van der Waals surface area contributed by atoms with Crippen LogP contribution in [0.2, 0.25) is 5.02 Å². The van der Waals surface area contributed by atoms with Crippen molar-refractivity contribution in [1.82, 2.24) is 0 Å². The summed E-state index contributed by atoms with van der Waals surface area (Å²) in [6.45, 7) is 0. The number of hydrogen-bond donors (Lipinski definition) is 2. The van der Waals surface area contributed by atoms with Crippen LogP contribution in [-0.4, -0.2) is 17.3 Å². The highest BCUT2D eigenvalue weighted by Gasteiger charge is 2.09. The van der Waals surface area contributed by atoms with Gasteiger partial charge in [-0.15, -0.1) is 0 Å². The maximum Gasteiger partial charge on any atom is 0.337 e. The summed E-state index contributed by atoms with van der Waals surface area (Å²) >= 11 is 5.76. The first kappa shape index (κ1) is 13.1. The Morgan fingerprint density at radius 3 is 2.63 bits per heavy atom. The van der Waals surface area contributed by atoms with Crippen LogP contribution in [0.3, 0.4) is 0 Å². The molecule has 4 nitrogen and oxygen atoms in total. The molecule has 0 aliphatic rings. The zero-order valence-electron chi connectivity index (χ0n) is 9.88. The van der Waals surface area contributed by atoms with Gasteiger partial charge in [-0.3, -0.25) is 5.43 Å². The molecule has 2 rings (SSSR count). The van der Waals surface area contributed by atoms with Gasteiger partial charge in [0, 0.05) is 5.02 Å². The molecule has 96 valence electrons. The van der Waals surface area contributed by atoms with Gasteiger partial charge in [0.25, 0.3) is 0 Å². The number of carbonyl (C=O) groups is 1. The Morgan fingerprint density at radius 2 is 1.95 bits per heavy atom. The van der Waals surface area contributed by atoms with E-state index in [0.29, 0.717) is 10.7 Å². The summed E-state index contributed by atoms with van der Waals surface area (Å²) in [6.07, 6.45) is 1.61. The van der Waals surface area contributed by atoms with E-state index in [0.717, 1.165) is 5.56 Å². The van der Waals surface area contributed by atoms with Crippen LogP contribution in [0.5, 0.6) is 0 Å². The van der Waals surface area contributed by atoms with Gasteiger partial charge >= 0.3 is 5.97 Å². The molecule has 0 saturated heterocycles. The molecule has 0 saturated carbocycles. The van der Waals surface area contributed by atoms with Crippen molar-refractivity contribution in [3.8, 4) is 0 Å². The molecule has 0 aliphatic heterocycles. The summed E-state index contributed by atoms with van der Waals surface area (Å²) in [7, 11) is 0. The Morgan fingerprint density at radius 1 is 1.21 bits per heavy atom. The third kappa shape index (κ3) is 3.56. The third-order valence-electron chi connectivity index (χ3n) is 2.41. The van der Waals surface area contributed by atoms with Gasteiger partial charge in [0.1, 0.15) is 0 Å². The highest BCUT2D eigenvalue weighted by atomic mass is 35.5. The number of aromatic carboxylic acids is 1. The topological polar surface area (TPSA) is 61.7 Å². The number of hydrazone groups is 1. The molecule has 0 amide bonds. The van der Waals surface area contributed by atoms with E-state index in [1.807, 2.05) is 30.3 Å². The Labute approximate surface area is 115 Å². The number of hydrogen-bond acceptors (Lipinski definition) is 3. The first-order valence-corrected chi connectivity index (χ1v) is 5.91. The van der Waals surface area contributed by atoms with E-state index in [4.69, 9.17) is 16.7 Å². The average molecular weight is 275 g/mol. The molecule has 0 unspecified atom stereocenters. The Hall–Kier alpha value is -2.33. The molecule has 2 aromatic carbocycles. The summed E-state index contributed by atoms with van der Waals surface area (Å²) in [5, 5.41) is 13.4. The standard InChI is InChI=1S/C14H11ClN2O2/c15-11-6-7-13(12(8-11)14(18)19)17-16-9-10-4-2-1-3-5-10/h1-9,17H,(H,18,19). The van der Waals surface area contributed by atoms with E-state index in [9.17, 15) is 4.79 Å². The summed E-state index contributed by atoms with van der Waals surface area (Å²) in [6, 6.07) is 14.0. The fourth-order valence-electron chi connectivity index (χ4n) is 1.51. The lowest BCUT2D eigenvalue weighted by atomic mass is 10.2. The molecule has 0 radical (unpaired) electrons. The van der Waals surface area contributed by atoms with Gasteiger partial charge in [-0.25, -0.2) is 4.79 Å². The number of anilines is 1. The monoisotopic (exact) mass is 274 g/mol. The maximum atomic E-state index is 11.1. The van der Waals surface area contributed by atoms with Crippen LogP contribution < -0.4 is 5.43 Å². The van der Waals surface area contributed by atoms with Gasteiger partial charge in [0.05, 0.1) is 17.5 Å². The normalized spacial score (nSPS) is 10.6. The van der Waals surface area contributed by atoms with Crippen LogP contribution in [0.15, 0.2) is 53.6 Å². The maximum absolute atomic E-state index is 11.1. The van der Waals surface area contributed by atoms with Crippen LogP contribution in [0, 0.1) is 0 Å². The third-order valence-corrected chi connectivity index (χ3v) is 2.65. The summed E-state index contributed by atoms with van der Waals surface area (Å²) in [5.74, 6) is -1.06. The number of nitrogens with zero attached hydrogens (tertiary/aromatic N) is 1. The van der Waals surface area contributed by atoms with Crippen molar-refractivity contribution in [2.45, 2.75) is 0 Å². The lowest BCUT2D eigenvalue weighted by Gasteiger charge is -2.05. The van der Waals surface area contributed by atoms with Crippen molar-refractivity contribution in [3.05, 3.63) is 64.7 Å². The second kappa shape index (κ2) is 6.02. The molecule has 0 bridgehead atoms. The lowest BCUT2D eigenvalue weighted by molar-refractivity contribution is 0.0698. The van der Waals surface area contributed by atoms with E-state index < -0.39 is 5.97 Å². The zero-order chi connectivity index (χ0) is 13.7. The van der Waals surface area contributed by atoms with Crippen LogP contribution in [0.4, 0.5) is 5.69 Å². The SMILES string of the molecule is O=C(O)c1cc(Cl)ccc1NN=Cc1ccccc1. The van der Waals surface area contributed by atoms with Crippen LogP contribution >= 0.6 is 11.6 Å². The molecular formula is C14H11ClN2O2. The molecule has 2 aromatic rings. The Kier molecular flexibility index (Phi) is 4.15. The van der Waals surface area contributed by atoms with E-state index >= 15 is 0 Å². The summed E-state index contributed by atoms with van der Waals surface area (Å²) in [4.78, 5) is 11.1. The van der Waals surface area contributed by atoms with Crippen molar-refractivity contribution < 1.29 is 9.90 Å². The second-order valence-corrected chi connectivity index (χ2v) is 4.21. The number of carboxylic acid groups (broad SMARTS) is 1. The molecule has 0 aromatic heterocycles. The minimum Gasteiger partial charge on any atom is -0.478 e. The lowest BCUT2D eigenvalue weighted by Crippen LogP contribution is -2.02. The van der Waals surface area contributed by atoms with Gasteiger partial charge < -0.3 is 5.11 Å². The van der Waals surface area contributed by atoms with Gasteiger partial charge in [-0.2, -0.15) is 5.10 Å². The Balaban J connectivity index is 2.16. The molecule has 0 fully saturated rings. The minimum absolute atomic E-state index is 0.0812. The molecule has 2 N–H and O–H groups in total. The number of halogens is 1. The van der Waals surface area contributed by atoms with Crippen molar-refractivity contribution in [2.24, 2.45) is 5.10 Å². The zero-order valence-corrected chi connectivity index (χ0v) is 10.6. The molecule has 0 aliphatic carbocycles. The van der Waals surface area contributed by atoms with Crippen molar-refractivity contribution in [1.29, 1.82) is 0 Å². The largest absolute Gasteiger partial charge is 0.478 e. The van der Waals surface area contributed by atoms with E-state index in [1.165, 1.54) is 6.07 Å². The first-order chi connectivity index (χ1) is 9.16. The molecule has 5 heteroatoms. The fraction of sp³-hybridized carbons (Fsp3) is 0. The number of rotatable bonds is 4. The van der Waals surface area contributed by atoms with Gasteiger partial charge in [-0.1, -0.05) is 41.9 Å². The predicted octanol–water partition coefficient (Wildman–Crippen LogP) is 3.48. The van der Waals surface area contributed by atoms with E-state index in [1.54, 1.807) is 18.3 Å². The molecule has 19 heavy (non-hydrogen) atoms. The highest BCUT2D eigenvalue weighted by molar-refractivity contribution is 6.31. The molecule has 0 heterocycles. The molecule has 0 atom stereocenters. The van der Waals surface area contributed by atoms with Crippen molar-refractivity contribution >= 4 is 29.5 Å². The van der Waals surface area contributed by atoms with Crippen LogP contribution in [0.25, 0.3) is 0 Å². The van der Waals surface area contributed by atoms with Crippen molar-refractivity contribution in [3.63, 3.8) is 0 Å². The van der Waals surface area contributed by atoms with Crippen molar-refractivity contribution in [2.75, 3.05) is 5.43 Å². The fourth-order valence-corrected chi connectivity index (χ4v) is 1.68. The highest BCUT2D eigenvalue weighted by Crippen LogP contribution is 2.20. The predicted molar refractivity (Wildman–Crippen MR) is 76.1 cm³/mol. The molecule has 0 spiro atoms. The van der Waals surface area contributed by atoms with Gasteiger partial charge in [0.15, 0.2) is 0 Å². The number of benzene rings is 2. The minimum atomic E-state index is -1.06. The summed E-state index contributed by atoms with van der Waals surface area (Å²) in [5.41, 5.74) is 4.09. The molecular weight excluding hydrogens is 264 g/mol. The van der Waals surface area contributed by atoms with E-state index in [2.05, 4.69) is 10.5 Å². The quantitative estimate of drug-likeness (QED) is 0.663. The Bertz CT molecular complexity index is 612. The average Bonchev–Trinajstić information content (AvgIpc) is 2.41. The second-order valence-electron chi connectivity index (χ2n) is 3.78. The smallest absolute Gasteiger partial charge is 0.337 e. The first-order valence-electron chi connectivity index (χ1n) is 5.54. The van der Waals surface area contributed by atoms with Gasteiger partial charge in [-0.05, 0) is 23.8 Å².